The predicted octanol–water partition coefficient (Wildman–Crippen LogP) is 0.809. The second kappa shape index (κ2) is 5.58. The van der Waals surface area contributed by atoms with Crippen LogP contribution >= 0.6 is 0 Å². The number of hydrogen-bond donors (Lipinski definition) is 3. The number of carboxylic acids is 1. The van der Waals surface area contributed by atoms with Crippen LogP contribution in [0.2, 0.25) is 0 Å². The zero-order chi connectivity index (χ0) is 14.8. The lowest BCUT2D eigenvalue weighted by Gasteiger charge is -2.19. The molecule has 3 N–H and O–H groups in total. The topological polar surface area (TPSA) is 86.6 Å². The molecule has 1 amide bonds. The fraction of sp³-hybridized carbons (Fsp3) is 0.429. The molecule has 1 fully saturated rings. The molecule has 1 aliphatic carbocycles. The number of rotatable bonds is 6. The van der Waals surface area contributed by atoms with Crippen LogP contribution in [0.15, 0.2) is 24.3 Å². The first-order chi connectivity index (χ1) is 9.49. The van der Waals surface area contributed by atoms with Gasteiger partial charge in [-0.3, -0.25) is 4.79 Å². The van der Waals surface area contributed by atoms with Crippen LogP contribution in [-0.4, -0.2) is 34.7 Å². The summed E-state index contributed by atoms with van der Waals surface area (Å²) in [5.74, 6) is -1.94. The molecule has 0 bridgehead atoms. The molecule has 1 aromatic carbocycles. The van der Waals surface area contributed by atoms with Crippen molar-refractivity contribution in [3.8, 4) is 0 Å². The summed E-state index contributed by atoms with van der Waals surface area (Å²) in [6, 6.07) is 4.55. The molecule has 1 saturated carbocycles. The van der Waals surface area contributed by atoms with Gasteiger partial charge in [0.05, 0.1) is 5.41 Å². The van der Waals surface area contributed by atoms with E-state index in [0.717, 1.165) is 0 Å². The maximum Gasteiger partial charge on any atom is 0.326 e. The second-order valence-electron chi connectivity index (χ2n) is 4.97. The number of hydrogen-bond acceptors (Lipinski definition) is 3. The van der Waals surface area contributed by atoms with Crippen LogP contribution in [0.25, 0.3) is 0 Å². The largest absolute Gasteiger partial charge is 0.480 e. The zero-order valence-electron chi connectivity index (χ0n) is 10.8. The van der Waals surface area contributed by atoms with E-state index in [9.17, 15) is 14.0 Å². The van der Waals surface area contributed by atoms with Crippen molar-refractivity contribution >= 4 is 11.9 Å². The van der Waals surface area contributed by atoms with Gasteiger partial charge in [-0.15, -0.1) is 0 Å². The highest BCUT2D eigenvalue weighted by Crippen LogP contribution is 2.48. The van der Waals surface area contributed by atoms with Crippen LogP contribution in [0.5, 0.6) is 0 Å². The van der Waals surface area contributed by atoms with E-state index in [0.29, 0.717) is 18.4 Å². The van der Waals surface area contributed by atoms with E-state index < -0.39 is 17.4 Å². The molecule has 0 radical (unpaired) electrons. The third kappa shape index (κ3) is 2.80. The van der Waals surface area contributed by atoms with Crippen LogP contribution in [-0.2, 0) is 15.0 Å². The smallest absolute Gasteiger partial charge is 0.326 e. The Morgan fingerprint density at radius 2 is 1.90 bits per heavy atom. The molecule has 6 heteroatoms. The maximum absolute atomic E-state index is 12.9. The van der Waals surface area contributed by atoms with E-state index in [1.165, 1.54) is 12.1 Å². The Kier molecular flexibility index (Phi) is 4.04. The molecule has 1 atom stereocenters. The van der Waals surface area contributed by atoms with Gasteiger partial charge in [-0.1, -0.05) is 12.1 Å². The third-order valence-electron chi connectivity index (χ3n) is 3.60. The van der Waals surface area contributed by atoms with Crippen molar-refractivity contribution in [2.75, 3.05) is 6.61 Å². The fourth-order valence-corrected chi connectivity index (χ4v) is 2.22. The van der Waals surface area contributed by atoms with Gasteiger partial charge in [0, 0.05) is 13.0 Å². The summed E-state index contributed by atoms with van der Waals surface area (Å²) in [7, 11) is 0. The average Bonchev–Trinajstić information content (AvgIpc) is 3.20. The summed E-state index contributed by atoms with van der Waals surface area (Å²) in [4.78, 5) is 23.2. The number of carbonyl (C=O) groups is 2. The number of benzene rings is 1. The van der Waals surface area contributed by atoms with Crippen LogP contribution in [0.4, 0.5) is 4.39 Å². The predicted molar refractivity (Wildman–Crippen MR) is 68.6 cm³/mol. The number of halogens is 1. The monoisotopic (exact) mass is 281 g/mol. The summed E-state index contributed by atoms with van der Waals surface area (Å²) < 4.78 is 12.9. The standard InChI is InChI=1S/C14H16FNO4/c15-10-3-1-9(2-4-10)14(6-7-14)13(20)16-11(5-8-17)12(18)19/h1-4,11,17H,5-8H2,(H,16,20)(H,18,19)/t11-/m0/s1. The molecule has 2 rings (SSSR count). The third-order valence-corrected chi connectivity index (χ3v) is 3.60. The molecular weight excluding hydrogens is 265 g/mol. The van der Waals surface area contributed by atoms with Crippen molar-refractivity contribution in [3.63, 3.8) is 0 Å². The highest BCUT2D eigenvalue weighted by atomic mass is 19.1. The average molecular weight is 281 g/mol. The number of aliphatic hydroxyl groups is 1. The van der Waals surface area contributed by atoms with E-state index in [-0.39, 0.29) is 24.8 Å². The Balaban J connectivity index is 2.12. The summed E-state index contributed by atoms with van der Waals surface area (Å²) in [5, 5.41) is 20.2. The van der Waals surface area contributed by atoms with Crippen LogP contribution in [0.3, 0.4) is 0 Å². The number of carboxylic acid groups (broad SMARTS) is 1. The fourth-order valence-electron chi connectivity index (χ4n) is 2.22. The molecule has 108 valence electrons. The Labute approximate surface area is 115 Å². The lowest BCUT2D eigenvalue weighted by molar-refractivity contribution is -0.142. The van der Waals surface area contributed by atoms with Crippen LogP contribution in [0, 0.1) is 5.82 Å². The van der Waals surface area contributed by atoms with Gasteiger partial charge in [0.2, 0.25) is 5.91 Å². The van der Waals surface area contributed by atoms with Crippen molar-refractivity contribution in [2.24, 2.45) is 0 Å². The van der Waals surface area contributed by atoms with Crippen LogP contribution in [0.1, 0.15) is 24.8 Å². The summed E-state index contributed by atoms with van der Waals surface area (Å²) in [5.41, 5.74) is -0.0684. The number of carbonyl (C=O) groups excluding carboxylic acids is 1. The van der Waals surface area contributed by atoms with Gasteiger partial charge in [-0.2, -0.15) is 0 Å². The van der Waals surface area contributed by atoms with Gasteiger partial charge in [0.1, 0.15) is 11.9 Å². The first-order valence-corrected chi connectivity index (χ1v) is 6.40. The minimum atomic E-state index is -1.18. The highest BCUT2D eigenvalue weighted by molar-refractivity contribution is 5.93. The summed E-state index contributed by atoms with van der Waals surface area (Å²) in [6.07, 6.45) is 1.17. The molecule has 1 aliphatic rings. The molecule has 5 nitrogen and oxygen atoms in total. The number of amides is 1. The van der Waals surface area contributed by atoms with E-state index >= 15 is 0 Å². The Morgan fingerprint density at radius 1 is 1.30 bits per heavy atom. The molecule has 0 spiro atoms. The molecule has 1 aromatic rings. The van der Waals surface area contributed by atoms with E-state index in [1.54, 1.807) is 12.1 Å². The summed E-state index contributed by atoms with van der Waals surface area (Å²) >= 11 is 0. The Hall–Kier alpha value is -1.95. The maximum atomic E-state index is 12.9. The molecular formula is C14H16FNO4. The first-order valence-electron chi connectivity index (χ1n) is 6.40. The van der Waals surface area contributed by atoms with Gasteiger partial charge in [0.15, 0.2) is 0 Å². The van der Waals surface area contributed by atoms with Crippen molar-refractivity contribution < 1.29 is 24.2 Å². The zero-order valence-corrected chi connectivity index (χ0v) is 10.8. The van der Waals surface area contributed by atoms with Gasteiger partial charge in [-0.05, 0) is 30.5 Å². The van der Waals surface area contributed by atoms with E-state index in [2.05, 4.69) is 5.32 Å². The SMILES string of the molecule is O=C(O)[C@H](CCO)NC(=O)C1(c2ccc(F)cc2)CC1. The quantitative estimate of drug-likeness (QED) is 0.720. The van der Waals surface area contributed by atoms with Crippen molar-refractivity contribution in [1.82, 2.24) is 5.32 Å². The molecule has 0 aromatic heterocycles. The number of aliphatic carboxylic acids is 1. The van der Waals surface area contributed by atoms with Gasteiger partial charge >= 0.3 is 5.97 Å². The lowest BCUT2D eigenvalue weighted by Crippen LogP contribution is -2.46. The highest BCUT2D eigenvalue weighted by Gasteiger charge is 2.51. The Morgan fingerprint density at radius 3 is 2.35 bits per heavy atom. The normalized spacial score (nSPS) is 17.3. The van der Waals surface area contributed by atoms with E-state index in [4.69, 9.17) is 10.2 Å². The Bertz CT molecular complexity index is 510. The number of nitrogens with one attached hydrogen (secondary N) is 1. The van der Waals surface area contributed by atoms with Crippen molar-refractivity contribution in [2.45, 2.75) is 30.7 Å². The first kappa shape index (κ1) is 14.5. The van der Waals surface area contributed by atoms with Gasteiger partial charge in [0.25, 0.3) is 0 Å². The molecule has 0 unspecified atom stereocenters. The van der Waals surface area contributed by atoms with Gasteiger partial charge in [-0.25, -0.2) is 9.18 Å². The van der Waals surface area contributed by atoms with Crippen molar-refractivity contribution in [1.29, 1.82) is 0 Å². The molecule has 0 saturated heterocycles. The lowest BCUT2D eigenvalue weighted by atomic mass is 9.94. The van der Waals surface area contributed by atoms with Crippen LogP contribution < -0.4 is 5.32 Å². The number of aliphatic hydroxyl groups excluding tert-OH is 1. The van der Waals surface area contributed by atoms with Gasteiger partial charge < -0.3 is 15.5 Å². The minimum absolute atomic E-state index is 0.0411. The van der Waals surface area contributed by atoms with E-state index in [1.807, 2.05) is 0 Å². The second-order valence-corrected chi connectivity index (χ2v) is 4.97. The molecule has 0 aliphatic heterocycles. The van der Waals surface area contributed by atoms with Crippen molar-refractivity contribution in [3.05, 3.63) is 35.6 Å². The molecule has 20 heavy (non-hydrogen) atoms. The summed E-state index contributed by atoms with van der Waals surface area (Å²) in [6.45, 7) is -0.319. The molecule has 0 heterocycles. The minimum Gasteiger partial charge on any atom is -0.480 e.